The van der Waals surface area contributed by atoms with Crippen molar-refractivity contribution < 1.29 is 36.2 Å². The van der Waals surface area contributed by atoms with Crippen LogP contribution < -0.4 is 24.2 Å². The van der Waals surface area contributed by atoms with Crippen LogP contribution >= 0.6 is 0 Å². The smallest absolute Gasteiger partial charge is 0.268 e. The van der Waals surface area contributed by atoms with E-state index in [9.17, 15) is 22.0 Å². The third-order valence-corrected chi connectivity index (χ3v) is 8.29. The van der Waals surface area contributed by atoms with Crippen molar-refractivity contribution in [3.8, 4) is 17.2 Å². The van der Waals surface area contributed by atoms with Crippen LogP contribution in [0.5, 0.6) is 17.2 Å². The number of sulfonamides is 1. The van der Waals surface area contributed by atoms with Gasteiger partial charge in [0.05, 0.1) is 29.0 Å². The highest BCUT2D eigenvalue weighted by molar-refractivity contribution is 7.90. The molecule has 2 aliphatic carbocycles. The molecule has 1 heterocycles. The summed E-state index contributed by atoms with van der Waals surface area (Å²) in [6.07, 6.45) is 5.92. The van der Waals surface area contributed by atoms with E-state index in [1.54, 1.807) is 30.0 Å². The first-order chi connectivity index (χ1) is 20.2. The Morgan fingerprint density at radius 3 is 2.36 bits per heavy atom. The third-order valence-electron chi connectivity index (χ3n) is 6.95. The van der Waals surface area contributed by atoms with Gasteiger partial charge >= 0.3 is 0 Å². The molecule has 0 saturated heterocycles. The zero-order valence-corrected chi connectivity index (χ0v) is 24.0. The van der Waals surface area contributed by atoms with Gasteiger partial charge in [-0.25, -0.2) is 17.5 Å². The Morgan fingerprint density at radius 2 is 1.71 bits per heavy atom. The van der Waals surface area contributed by atoms with E-state index in [1.165, 1.54) is 24.3 Å². The van der Waals surface area contributed by atoms with Crippen molar-refractivity contribution in [2.24, 2.45) is 5.92 Å². The average molecular weight is 602 g/mol. The fourth-order valence-corrected chi connectivity index (χ4v) is 5.11. The molecular weight excluding hydrogens is 568 g/mol. The largest absolute Gasteiger partial charge is 0.492 e. The summed E-state index contributed by atoms with van der Waals surface area (Å²) < 4.78 is 74.1. The second kappa shape index (κ2) is 13.0. The molecule has 1 atom stereocenters. The van der Waals surface area contributed by atoms with E-state index >= 15 is 0 Å². The van der Waals surface area contributed by atoms with Crippen molar-refractivity contribution in [2.45, 2.75) is 56.1 Å². The fraction of sp³-hybridized carbons (Fsp3) is 0.400. The van der Waals surface area contributed by atoms with Crippen LogP contribution in [0.3, 0.4) is 0 Å². The maximum absolute atomic E-state index is 15.0. The lowest BCUT2D eigenvalue weighted by Crippen LogP contribution is -2.31. The summed E-state index contributed by atoms with van der Waals surface area (Å²) in [7, 11) is -4.37. The molecule has 0 aliphatic heterocycles. The monoisotopic (exact) mass is 601 g/mol. The predicted molar refractivity (Wildman–Crippen MR) is 150 cm³/mol. The Balaban J connectivity index is 1.19. The Hall–Kier alpha value is -3.77. The van der Waals surface area contributed by atoms with Crippen LogP contribution in [0.4, 0.5) is 8.78 Å². The molecule has 42 heavy (non-hydrogen) atoms. The molecule has 2 aliphatic rings. The van der Waals surface area contributed by atoms with E-state index in [0.29, 0.717) is 55.3 Å². The number of carbonyl (C=O) groups excluding carboxylic acids is 1. The SMILES string of the molecule is CC[C@@H](Oc1ccc(C(=O)NS(=O)(=O)c2ccc(OCCNC3CC3)cc2)c(F)c1F)c1ccc(OCC2CC2)cn1. The van der Waals surface area contributed by atoms with Gasteiger partial charge in [-0.2, -0.15) is 4.39 Å². The molecule has 2 saturated carbocycles. The molecule has 5 rings (SSSR count). The van der Waals surface area contributed by atoms with Gasteiger partial charge in [-0.15, -0.1) is 0 Å². The molecule has 1 aromatic heterocycles. The minimum absolute atomic E-state index is 0.234. The number of nitrogens with one attached hydrogen (secondary N) is 2. The molecular formula is C30H33F2N3O6S. The van der Waals surface area contributed by atoms with Crippen molar-refractivity contribution in [1.82, 2.24) is 15.0 Å². The van der Waals surface area contributed by atoms with Gasteiger partial charge in [-0.1, -0.05) is 6.92 Å². The van der Waals surface area contributed by atoms with Gasteiger partial charge < -0.3 is 19.5 Å². The highest BCUT2D eigenvalue weighted by Gasteiger charge is 2.26. The van der Waals surface area contributed by atoms with Gasteiger partial charge in [0.15, 0.2) is 11.6 Å². The minimum atomic E-state index is -4.37. The summed E-state index contributed by atoms with van der Waals surface area (Å²) in [5.41, 5.74) is -0.287. The van der Waals surface area contributed by atoms with Gasteiger partial charge in [0.2, 0.25) is 5.82 Å². The fourth-order valence-electron chi connectivity index (χ4n) is 4.14. The van der Waals surface area contributed by atoms with E-state index < -0.39 is 45.0 Å². The molecule has 0 bridgehead atoms. The predicted octanol–water partition coefficient (Wildman–Crippen LogP) is 4.93. The van der Waals surface area contributed by atoms with Crippen molar-refractivity contribution in [3.63, 3.8) is 0 Å². The third kappa shape index (κ3) is 7.74. The number of hydrogen-bond donors (Lipinski definition) is 2. The number of aromatic nitrogens is 1. The molecule has 2 aromatic carbocycles. The van der Waals surface area contributed by atoms with Crippen molar-refractivity contribution >= 4 is 15.9 Å². The molecule has 0 unspecified atom stereocenters. The first-order valence-corrected chi connectivity index (χ1v) is 15.5. The quantitative estimate of drug-likeness (QED) is 0.236. The van der Waals surface area contributed by atoms with Gasteiger partial charge in [0.1, 0.15) is 24.2 Å². The van der Waals surface area contributed by atoms with Crippen molar-refractivity contribution in [3.05, 3.63) is 77.6 Å². The maximum Gasteiger partial charge on any atom is 0.268 e. The minimum Gasteiger partial charge on any atom is -0.492 e. The topological polar surface area (TPSA) is 116 Å². The molecule has 224 valence electrons. The zero-order chi connectivity index (χ0) is 29.7. The number of ether oxygens (including phenoxy) is 3. The Bertz CT molecular complexity index is 1490. The lowest BCUT2D eigenvalue weighted by molar-refractivity contribution is 0.0976. The number of nitrogens with zero attached hydrogens (tertiary/aromatic N) is 1. The average Bonchev–Trinajstić information content (AvgIpc) is 3.91. The molecule has 0 radical (unpaired) electrons. The number of hydrogen-bond acceptors (Lipinski definition) is 8. The van der Waals surface area contributed by atoms with E-state index in [2.05, 4.69) is 10.3 Å². The highest BCUT2D eigenvalue weighted by Crippen LogP contribution is 2.31. The van der Waals surface area contributed by atoms with Crippen LogP contribution in [-0.4, -0.2) is 45.1 Å². The number of carbonyl (C=O) groups is 1. The zero-order valence-electron chi connectivity index (χ0n) is 23.1. The molecule has 2 fully saturated rings. The maximum atomic E-state index is 15.0. The first kappa shape index (κ1) is 29.7. The highest BCUT2D eigenvalue weighted by atomic mass is 32.2. The second-order valence-electron chi connectivity index (χ2n) is 10.4. The Morgan fingerprint density at radius 1 is 0.976 bits per heavy atom. The van der Waals surface area contributed by atoms with Crippen LogP contribution in [0.2, 0.25) is 0 Å². The summed E-state index contributed by atoms with van der Waals surface area (Å²) in [6, 6.07) is 11.5. The molecule has 1 amide bonds. The number of amides is 1. The molecule has 2 N–H and O–H groups in total. The number of rotatable bonds is 15. The number of pyridine rings is 1. The summed E-state index contributed by atoms with van der Waals surface area (Å²) in [5, 5.41) is 3.30. The lowest BCUT2D eigenvalue weighted by atomic mass is 10.1. The van der Waals surface area contributed by atoms with Crippen molar-refractivity contribution in [1.29, 1.82) is 0 Å². The molecule has 3 aromatic rings. The number of benzene rings is 2. The summed E-state index contributed by atoms with van der Waals surface area (Å²) in [4.78, 5) is 16.8. The summed E-state index contributed by atoms with van der Waals surface area (Å²) >= 11 is 0. The van der Waals surface area contributed by atoms with E-state index in [4.69, 9.17) is 14.2 Å². The van der Waals surface area contributed by atoms with E-state index in [-0.39, 0.29) is 4.90 Å². The van der Waals surface area contributed by atoms with Crippen LogP contribution in [0.1, 0.15) is 61.2 Å². The number of halogens is 2. The van der Waals surface area contributed by atoms with Crippen LogP contribution in [0.25, 0.3) is 0 Å². The summed E-state index contributed by atoms with van der Waals surface area (Å²) in [6.45, 7) is 3.53. The molecule has 12 heteroatoms. The van der Waals surface area contributed by atoms with Gasteiger partial charge in [-0.3, -0.25) is 9.78 Å². The normalized spacial score (nSPS) is 15.6. The standard InChI is InChI=1S/C30H33F2N3O6S/c1-2-26(25-13-9-22(17-34-25)40-18-19-3-4-19)41-27-14-12-24(28(31)29(27)32)30(36)35-42(37,38)23-10-7-21(8-11-23)39-16-15-33-20-5-6-20/h7-14,17,19-20,26,33H,2-6,15-16,18H2,1H3,(H,35,36)/t26-/m1/s1. The molecule has 0 spiro atoms. The lowest BCUT2D eigenvalue weighted by Gasteiger charge is -2.18. The van der Waals surface area contributed by atoms with Gasteiger partial charge in [0, 0.05) is 12.6 Å². The van der Waals surface area contributed by atoms with Gasteiger partial charge in [-0.05, 0) is 86.6 Å². The first-order valence-electron chi connectivity index (χ1n) is 14.0. The van der Waals surface area contributed by atoms with E-state index in [0.717, 1.165) is 37.8 Å². The van der Waals surface area contributed by atoms with E-state index in [1.807, 2.05) is 0 Å². The Labute approximate surface area is 243 Å². The Kier molecular flexibility index (Phi) is 9.22. The van der Waals surface area contributed by atoms with Crippen molar-refractivity contribution in [2.75, 3.05) is 19.8 Å². The summed E-state index contributed by atoms with van der Waals surface area (Å²) in [5.74, 6) is -3.03. The van der Waals surface area contributed by atoms with Crippen LogP contribution in [0.15, 0.2) is 59.6 Å². The van der Waals surface area contributed by atoms with Crippen LogP contribution in [0, 0.1) is 17.6 Å². The second-order valence-corrected chi connectivity index (χ2v) is 12.1. The van der Waals surface area contributed by atoms with Crippen LogP contribution in [-0.2, 0) is 10.0 Å². The van der Waals surface area contributed by atoms with Gasteiger partial charge in [0.25, 0.3) is 15.9 Å². The molecule has 9 nitrogen and oxygen atoms in total.